The van der Waals surface area contributed by atoms with Crippen molar-refractivity contribution in [2.75, 3.05) is 105 Å². The maximum Gasteiger partial charge on any atom is 0.246 e. The molecule has 2 saturated heterocycles. The lowest BCUT2D eigenvalue weighted by Crippen LogP contribution is -2.57. The molecule has 3 heterocycles. The number of nitrogens with zero attached hydrogens (tertiary/aromatic N) is 4. The highest BCUT2D eigenvalue weighted by Crippen LogP contribution is 2.37. The molecule has 2 aliphatic heterocycles. The largest absolute Gasteiger partial charge is 0.508 e. The SMILES string of the molecule is Cc1ncsc1-c1ccc(CNC(=O)[C@@H]2C[C@@H](O)CN2C(=O)[C@@H](NC(=O)CCOCCOCCOCCOCCC(=O)N2CCN(CCOc3ccc(C(=C(CCCl)c4ccc(O)cc4)c4ccc(O)cc4)cc3)CC2)C(C)(C)C)cc1. The van der Waals surface area contributed by atoms with Crippen molar-refractivity contribution in [2.45, 2.75) is 78.1 Å². The number of thiazole rings is 1. The van der Waals surface area contributed by atoms with E-state index in [0.29, 0.717) is 78.1 Å². The van der Waals surface area contributed by atoms with Gasteiger partial charge in [0.1, 0.15) is 35.9 Å². The van der Waals surface area contributed by atoms with E-state index in [9.17, 15) is 34.5 Å². The van der Waals surface area contributed by atoms with Crippen LogP contribution >= 0.6 is 22.9 Å². The monoisotopic (exact) mass is 1170 g/mol. The Morgan fingerprint density at radius 3 is 1.84 bits per heavy atom. The maximum atomic E-state index is 14.0. The van der Waals surface area contributed by atoms with E-state index >= 15 is 0 Å². The molecule has 0 unspecified atom stereocenters. The molecule has 0 aliphatic carbocycles. The van der Waals surface area contributed by atoms with Crippen molar-refractivity contribution in [1.82, 2.24) is 30.3 Å². The van der Waals surface area contributed by atoms with E-state index in [2.05, 4.69) is 20.5 Å². The predicted molar refractivity (Wildman–Crippen MR) is 317 cm³/mol. The molecule has 82 heavy (non-hydrogen) atoms. The summed E-state index contributed by atoms with van der Waals surface area (Å²) in [5, 5.41) is 36.3. The molecular formula is C62H79ClN6O12S. The third kappa shape index (κ3) is 19.1. The summed E-state index contributed by atoms with van der Waals surface area (Å²) >= 11 is 7.87. The third-order valence-corrected chi connectivity index (χ3v) is 15.5. The second-order valence-electron chi connectivity index (χ2n) is 21.4. The van der Waals surface area contributed by atoms with Crippen LogP contribution < -0.4 is 15.4 Å². The summed E-state index contributed by atoms with van der Waals surface area (Å²) < 4.78 is 28.6. The molecule has 0 saturated carbocycles. The van der Waals surface area contributed by atoms with Crippen LogP contribution in [0.1, 0.15) is 74.4 Å². The van der Waals surface area contributed by atoms with Gasteiger partial charge in [-0.15, -0.1) is 22.9 Å². The van der Waals surface area contributed by atoms with Crippen LogP contribution in [0, 0.1) is 12.3 Å². The van der Waals surface area contributed by atoms with Crippen molar-refractivity contribution in [1.29, 1.82) is 0 Å². The number of aliphatic hydroxyl groups excluding tert-OH is 1. The topological polar surface area (TPSA) is 222 Å². The van der Waals surface area contributed by atoms with Crippen LogP contribution in [0.25, 0.3) is 21.6 Å². The number of alkyl halides is 1. The third-order valence-electron chi connectivity index (χ3n) is 14.3. The van der Waals surface area contributed by atoms with Gasteiger partial charge in [0, 0.05) is 64.5 Å². The molecule has 0 bridgehead atoms. The normalized spacial score (nSPS) is 16.4. The fourth-order valence-electron chi connectivity index (χ4n) is 9.80. The average Bonchev–Trinajstić information content (AvgIpc) is 4.05. The first kappa shape index (κ1) is 63.2. The molecule has 2 aliphatic rings. The zero-order valence-corrected chi connectivity index (χ0v) is 49.1. The fourth-order valence-corrected chi connectivity index (χ4v) is 10.8. The molecule has 4 amide bonds. The predicted octanol–water partition coefficient (Wildman–Crippen LogP) is 7.30. The Morgan fingerprint density at radius 2 is 1.28 bits per heavy atom. The van der Waals surface area contributed by atoms with E-state index in [1.807, 2.05) is 111 Å². The molecule has 5 aromatic rings. The number of nitrogens with one attached hydrogen (secondary N) is 2. The van der Waals surface area contributed by atoms with Crippen molar-refractivity contribution in [2.24, 2.45) is 5.41 Å². The van der Waals surface area contributed by atoms with Crippen molar-refractivity contribution in [3.63, 3.8) is 0 Å². The zero-order chi connectivity index (χ0) is 58.4. The van der Waals surface area contributed by atoms with Crippen LogP contribution in [0.2, 0.25) is 0 Å². The molecule has 3 atom stereocenters. The number of benzene rings is 4. The van der Waals surface area contributed by atoms with Gasteiger partial charge in [0.15, 0.2) is 0 Å². The van der Waals surface area contributed by atoms with E-state index in [-0.39, 0.29) is 68.4 Å². The van der Waals surface area contributed by atoms with Crippen molar-refractivity contribution >= 4 is 57.7 Å². The first-order valence-electron chi connectivity index (χ1n) is 28.0. The molecular weight excluding hydrogens is 1090 g/mol. The molecule has 5 N–H and O–H groups in total. The fraction of sp³-hybridized carbons (Fsp3) is 0.468. The number of allylic oxidation sites excluding steroid dienone is 1. The number of phenolic OH excluding ortho intramolecular Hbond substituents is 2. The van der Waals surface area contributed by atoms with E-state index in [1.165, 1.54) is 4.90 Å². The van der Waals surface area contributed by atoms with Gasteiger partial charge in [0.05, 0.1) is 81.5 Å². The molecule has 442 valence electrons. The average molecular weight is 1170 g/mol. The Bertz CT molecular complexity index is 2840. The summed E-state index contributed by atoms with van der Waals surface area (Å²) in [6.07, 6.45) is 0.135. The van der Waals surface area contributed by atoms with Crippen molar-refractivity contribution in [3.8, 4) is 27.7 Å². The van der Waals surface area contributed by atoms with Gasteiger partial charge in [-0.2, -0.15) is 0 Å². The lowest BCUT2D eigenvalue weighted by Gasteiger charge is -2.35. The van der Waals surface area contributed by atoms with E-state index in [0.717, 1.165) is 74.9 Å². The maximum absolute atomic E-state index is 14.0. The molecule has 7 rings (SSSR count). The zero-order valence-electron chi connectivity index (χ0n) is 47.5. The lowest BCUT2D eigenvalue weighted by atomic mass is 9.85. The number of aliphatic hydroxyl groups is 1. The van der Waals surface area contributed by atoms with Gasteiger partial charge in [-0.3, -0.25) is 24.1 Å². The van der Waals surface area contributed by atoms with Crippen LogP contribution in [-0.2, 0) is 44.7 Å². The smallest absolute Gasteiger partial charge is 0.246 e. The molecule has 0 radical (unpaired) electrons. The van der Waals surface area contributed by atoms with E-state index < -0.39 is 29.5 Å². The molecule has 18 nitrogen and oxygen atoms in total. The number of aromatic hydroxyl groups is 2. The number of hydrogen-bond donors (Lipinski definition) is 5. The number of halogens is 1. The molecule has 0 spiro atoms. The van der Waals surface area contributed by atoms with Crippen LogP contribution in [0.15, 0.2) is 103 Å². The van der Waals surface area contributed by atoms with Gasteiger partial charge in [0.2, 0.25) is 23.6 Å². The number of β-amino-alcohol motifs (C(OH)–C–C–N with tert-alkyl or cyclic N) is 1. The molecule has 4 aromatic carbocycles. The Labute approximate surface area is 490 Å². The Balaban J connectivity index is 0.697. The first-order valence-corrected chi connectivity index (χ1v) is 29.5. The van der Waals surface area contributed by atoms with Crippen LogP contribution in [0.5, 0.6) is 17.2 Å². The summed E-state index contributed by atoms with van der Waals surface area (Å²) in [4.78, 5) is 64.4. The Hall–Kier alpha value is -6.42. The highest BCUT2D eigenvalue weighted by molar-refractivity contribution is 7.13. The van der Waals surface area contributed by atoms with Gasteiger partial charge >= 0.3 is 0 Å². The number of rotatable bonds is 30. The van der Waals surface area contributed by atoms with E-state index in [1.54, 1.807) is 35.6 Å². The van der Waals surface area contributed by atoms with Crippen molar-refractivity contribution in [3.05, 3.63) is 131 Å². The van der Waals surface area contributed by atoms with Gasteiger partial charge in [0.25, 0.3) is 0 Å². The number of aryl methyl sites for hydroxylation is 1. The minimum Gasteiger partial charge on any atom is -0.508 e. The summed E-state index contributed by atoms with van der Waals surface area (Å²) in [5.74, 6) is 0.405. The number of carbonyl (C=O) groups is 4. The highest BCUT2D eigenvalue weighted by Gasteiger charge is 2.44. The minimum atomic E-state index is -0.939. The number of ether oxygens (including phenoxy) is 5. The van der Waals surface area contributed by atoms with Gasteiger partial charge in [-0.25, -0.2) is 4.98 Å². The second kappa shape index (κ2) is 31.9. The van der Waals surface area contributed by atoms with E-state index in [4.69, 9.17) is 35.3 Å². The summed E-state index contributed by atoms with van der Waals surface area (Å²) in [5.41, 5.74) is 8.87. The Morgan fingerprint density at radius 1 is 0.720 bits per heavy atom. The first-order chi connectivity index (χ1) is 39.6. The number of piperazine rings is 1. The van der Waals surface area contributed by atoms with Crippen LogP contribution in [0.4, 0.5) is 0 Å². The number of aromatic nitrogens is 1. The van der Waals surface area contributed by atoms with Gasteiger partial charge in [-0.1, -0.05) is 81.4 Å². The second-order valence-corrected chi connectivity index (χ2v) is 22.6. The van der Waals surface area contributed by atoms with Crippen LogP contribution in [0.3, 0.4) is 0 Å². The highest BCUT2D eigenvalue weighted by atomic mass is 35.5. The molecule has 2 fully saturated rings. The summed E-state index contributed by atoms with van der Waals surface area (Å²) in [6, 6.07) is 28.2. The number of hydrogen-bond acceptors (Lipinski definition) is 15. The summed E-state index contributed by atoms with van der Waals surface area (Å²) in [6.45, 7) is 14.1. The molecule has 20 heteroatoms. The quantitative estimate of drug-likeness (QED) is 0.0173. The lowest BCUT2D eigenvalue weighted by molar-refractivity contribution is -0.144. The minimum absolute atomic E-state index is 0.0125. The summed E-state index contributed by atoms with van der Waals surface area (Å²) in [7, 11) is 0. The van der Waals surface area contributed by atoms with Crippen LogP contribution in [-0.4, -0.2) is 181 Å². The number of phenols is 2. The number of likely N-dealkylation sites (tertiary alicyclic amines) is 1. The number of amides is 4. The standard InChI is InChI=1S/C62H79ClN6O12S/c1-43-58(82-42-65-43)48-7-5-44(6-8-48)40-64-60(75)54-39-51(72)41-69(54)61(76)59(62(2,3)4)66-55(73)22-30-77-33-35-79-37-38-80-36-34-78-31-23-56(74)68-27-25-67(26-28-68)29-32-81-52-19-13-47(14-20-52)57(46-11-17-50(71)18-12-46)53(21-24-63)45-9-15-49(70)16-10-45/h5-20,42,51,54,59,70-72H,21-41H2,1-4H3,(H,64,75)(H,66,73)/t51-,54+,59-/m1/s1. The van der Waals surface area contributed by atoms with Gasteiger partial charge < -0.3 is 59.4 Å². The molecule has 1 aromatic heterocycles. The number of carbonyl (C=O) groups excluding carboxylic acids is 4. The Kier molecular flexibility index (Phi) is 24.5. The van der Waals surface area contributed by atoms with Crippen molar-refractivity contribution < 1.29 is 58.2 Å². The van der Waals surface area contributed by atoms with Gasteiger partial charge in [-0.05, 0) is 94.1 Å².